The second kappa shape index (κ2) is 11.6. The number of piperidine rings is 1. The van der Waals surface area contributed by atoms with Gasteiger partial charge in [-0.25, -0.2) is 9.59 Å². The van der Waals surface area contributed by atoms with E-state index in [1.54, 1.807) is 35.9 Å². The number of rotatable bonds is 6. The number of carbonyl (C=O) groups is 2. The maximum absolute atomic E-state index is 12.7. The summed E-state index contributed by atoms with van der Waals surface area (Å²) in [5.41, 5.74) is 12.6. The van der Waals surface area contributed by atoms with E-state index in [0.29, 0.717) is 37.8 Å². The van der Waals surface area contributed by atoms with Crippen molar-refractivity contribution in [3.63, 3.8) is 0 Å². The number of urea groups is 1. The molecule has 2 aliphatic rings. The van der Waals surface area contributed by atoms with Gasteiger partial charge in [-0.1, -0.05) is 25.5 Å². The minimum absolute atomic E-state index is 0.141. The molecule has 2 aliphatic heterocycles. The van der Waals surface area contributed by atoms with Gasteiger partial charge in [0, 0.05) is 51.5 Å². The van der Waals surface area contributed by atoms with Gasteiger partial charge in [-0.2, -0.15) is 4.98 Å². The number of nitrogens with zero attached hydrogens (tertiary/aromatic N) is 5. The first kappa shape index (κ1) is 27.7. The highest BCUT2D eigenvalue weighted by Crippen LogP contribution is 2.21. The Hall–Kier alpha value is -3.28. The Bertz CT molecular complexity index is 1180. The van der Waals surface area contributed by atoms with Gasteiger partial charge < -0.3 is 21.3 Å². The van der Waals surface area contributed by atoms with Crippen LogP contribution in [0.3, 0.4) is 0 Å². The molecule has 2 fully saturated rings. The van der Waals surface area contributed by atoms with Gasteiger partial charge in [-0.05, 0) is 56.5 Å². The summed E-state index contributed by atoms with van der Waals surface area (Å²) in [6.07, 6.45) is 3.72. The van der Waals surface area contributed by atoms with E-state index in [-0.39, 0.29) is 23.8 Å². The summed E-state index contributed by atoms with van der Waals surface area (Å²) in [4.78, 5) is 47.5. The molecule has 0 spiro atoms. The highest BCUT2D eigenvalue weighted by Gasteiger charge is 2.31. The predicted octanol–water partition coefficient (Wildman–Crippen LogP) is 1.21. The quantitative estimate of drug-likeness (QED) is 0.515. The Kier molecular flexibility index (Phi) is 8.49. The number of likely N-dealkylation sites (tertiary alicyclic amines) is 1. The lowest BCUT2D eigenvalue weighted by Crippen LogP contribution is -2.58. The number of hydrogen-bond acceptors (Lipinski definition) is 7. The van der Waals surface area contributed by atoms with Gasteiger partial charge in [0.15, 0.2) is 0 Å². The van der Waals surface area contributed by atoms with E-state index < -0.39 is 11.2 Å². The van der Waals surface area contributed by atoms with E-state index in [0.717, 1.165) is 32.5 Å². The minimum atomic E-state index is -0.946. The van der Waals surface area contributed by atoms with E-state index in [9.17, 15) is 14.4 Å². The SMILES string of the molecule is CC[C@@H]1CN(Cc2ccc(-n3ccc(NC(=O)N4CCN(C(=O)C(C)(C)N)CC4)nc3=O)cc2)CC[C@H]1N. The molecule has 3 heterocycles. The zero-order valence-corrected chi connectivity index (χ0v) is 22.6. The van der Waals surface area contributed by atoms with Gasteiger partial charge >= 0.3 is 11.7 Å². The normalized spacial score (nSPS) is 20.9. The fraction of sp³-hybridized carbons (Fsp3) is 0.556. The topological polar surface area (TPSA) is 143 Å². The van der Waals surface area contributed by atoms with E-state index >= 15 is 0 Å². The van der Waals surface area contributed by atoms with Gasteiger partial charge in [0.25, 0.3) is 0 Å². The summed E-state index contributed by atoms with van der Waals surface area (Å²) >= 11 is 0. The molecule has 0 aliphatic carbocycles. The molecule has 0 saturated carbocycles. The minimum Gasteiger partial charge on any atom is -0.338 e. The fourth-order valence-electron chi connectivity index (χ4n) is 5.10. The molecule has 0 unspecified atom stereocenters. The van der Waals surface area contributed by atoms with Crippen LogP contribution < -0.4 is 22.5 Å². The van der Waals surface area contributed by atoms with Crippen LogP contribution in [-0.4, -0.2) is 87.0 Å². The largest absolute Gasteiger partial charge is 0.354 e. The van der Waals surface area contributed by atoms with Crippen molar-refractivity contribution in [1.82, 2.24) is 24.3 Å². The van der Waals surface area contributed by atoms with E-state index in [1.807, 2.05) is 24.3 Å². The van der Waals surface area contributed by atoms with Crippen LogP contribution in [0.15, 0.2) is 41.3 Å². The highest BCUT2D eigenvalue weighted by molar-refractivity contribution is 5.89. The Morgan fingerprint density at radius 2 is 1.71 bits per heavy atom. The lowest BCUT2D eigenvalue weighted by atomic mass is 9.90. The van der Waals surface area contributed by atoms with Crippen molar-refractivity contribution in [2.75, 3.05) is 44.6 Å². The molecule has 0 radical (unpaired) electrons. The second-order valence-corrected chi connectivity index (χ2v) is 10.9. The van der Waals surface area contributed by atoms with Crippen LogP contribution in [-0.2, 0) is 11.3 Å². The van der Waals surface area contributed by atoms with Crippen LogP contribution in [0.2, 0.25) is 0 Å². The zero-order chi connectivity index (χ0) is 27.4. The van der Waals surface area contributed by atoms with Crippen LogP contribution >= 0.6 is 0 Å². The maximum Gasteiger partial charge on any atom is 0.354 e. The number of benzene rings is 1. The first-order chi connectivity index (χ1) is 18.0. The third-order valence-electron chi connectivity index (χ3n) is 7.47. The summed E-state index contributed by atoms with van der Waals surface area (Å²) in [7, 11) is 0. The zero-order valence-electron chi connectivity index (χ0n) is 22.6. The monoisotopic (exact) mass is 524 g/mol. The Labute approximate surface area is 223 Å². The number of aromatic nitrogens is 2. The number of carbonyl (C=O) groups excluding carboxylic acids is 2. The molecule has 1 aromatic heterocycles. The van der Waals surface area contributed by atoms with Crippen LogP contribution in [0.4, 0.5) is 10.6 Å². The average Bonchev–Trinajstić information content (AvgIpc) is 2.89. The van der Waals surface area contributed by atoms with Crippen molar-refractivity contribution in [2.24, 2.45) is 17.4 Å². The Morgan fingerprint density at radius 1 is 1.05 bits per heavy atom. The van der Waals surface area contributed by atoms with Gasteiger partial charge in [0.2, 0.25) is 5.91 Å². The second-order valence-electron chi connectivity index (χ2n) is 10.9. The lowest BCUT2D eigenvalue weighted by Gasteiger charge is -2.37. The Balaban J connectivity index is 1.32. The molecule has 2 saturated heterocycles. The Morgan fingerprint density at radius 3 is 2.32 bits per heavy atom. The number of nitrogens with one attached hydrogen (secondary N) is 1. The molecular formula is C27H40N8O3. The number of piperazine rings is 1. The predicted molar refractivity (Wildman–Crippen MR) is 147 cm³/mol. The van der Waals surface area contributed by atoms with Crippen molar-refractivity contribution in [3.8, 4) is 5.69 Å². The van der Waals surface area contributed by atoms with Gasteiger partial charge in [0.1, 0.15) is 5.82 Å². The smallest absolute Gasteiger partial charge is 0.338 e. The van der Waals surface area contributed by atoms with Crippen LogP contribution in [0.5, 0.6) is 0 Å². The summed E-state index contributed by atoms with van der Waals surface area (Å²) in [5, 5.41) is 2.69. The summed E-state index contributed by atoms with van der Waals surface area (Å²) in [6, 6.07) is 9.41. The van der Waals surface area contributed by atoms with E-state index in [1.165, 1.54) is 10.1 Å². The lowest BCUT2D eigenvalue weighted by molar-refractivity contribution is -0.137. The van der Waals surface area contributed by atoms with Crippen molar-refractivity contribution >= 4 is 17.8 Å². The molecule has 4 rings (SSSR count). The molecular weight excluding hydrogens is 484 g/mol. The summed E-state index contributed by atoms with van der Waals surface area (Å²) in [6.45, 7) is 9.96. The van der Waals surface area contributed by atoms with E-state index in [4.69, 9.17) is 11.5 Å². The van der Waals surface area contributed by atoms with Crippen LogP contribution in [0.25, 0.3) is 5.69 Å². The third kappa shape index (κ3) is 6.58. The van der Waals surface area contributed by atoms with Gasteiger partial charge in [0.05, 0.1) is 11.2 Å². The van der Waals surface area contributed by atoms with Crippen LogP contribution in [0, 0.1) is 5.92 Å². The molecule has 38 heavy (non-hydrogen) atoms. The van der Waals surface area contributed by atoms with Gasteiger partial charge in [-0.3, -0.25) is 19.6 Å². The number of anilines is 1. The first-order valence-electron chi connectivity index (χ1n) is 13.4. The average molecular weight is 525 g/mol. The molecule has 2 atom stereocenters. The number of nitrogens with two attached hydrogens (primary N) is 2. The van der Waals surface area contributed by atoms with Crippen molar-refractivity contribution < 1.29 is 9.59 Å². The molecule has 11 heteroatoms. The molecule has 11 nitrogen and oxygen atoms in total. The fourth-order valence-corrected chi connectivity index (χ4v) is 5.10. The molecule has 0 bridgehead atoms. The first-order valence-corrected chi connectivity index (χ1v) is 13.4. The molecule has 2 aromatic rings. The third-order valence-corrected chi connectivity index (χ3v) is 7.47. The molecule has 5 N–H and O–H groups in total. The highest BCUT2D eigenvalue weighted by atomic mass is 16.2. The number of hydrogen-bond donors (Lipinski definition) is 3. The maximum atomic E-state index is 12.7. The standard InChI is InChI=1S/C27H40N8O3/c1-4-20-18-32(11-9-22(20)28)17-19-5-7-21(8-6-19)35-12-10-23(31-26(35)38)30-25(37)34-15-13-33(14-16-34)24(36)27(2,3)29/h5-8,10,12,20,22H,4,9,11,13-18,28-29H2,1-3H3,(H,30,31,37,38)/t20-,22-/m1/s1. The summed E-state index contributed by atoms with van der Waals surface area (Å²) < 4.78 is 1.45. The van der Waals surface area contributed by atoms with Crippen LogP contribution in [0.1, 0.15) is 39.2 Å². The van der Waals surface area contributed by atoms with Gasteiger partial charge in [-0.15, -0.1) is 0 Å². The van der Waals surface area contributed by atoms with Crippen molar-refractivity contribution in [3.05, 3.63) is 52.6 Å². The molecule has 1 aromatic carbocycles. The summed E-state index contributed by atoms with van der Waals surface area (Å²) in [5.74, 6) is 0.574. The number of amides is 3. The molecule has 206 valence electrons. The van der Waals surface area contributed by atoms with Crippen molar-refractivity contribution in [1.29, 1.82) is 0 Å². The van der Waals surface area contributed by atoms with Crippen molar-refractivity contribution in [2.45, 2.75) is 51.7 Å². The molecule has 3 amide bonds. The van der Waals surface area contributed by atoms with E-state index in [2.05, 4.69) is 22.1 Å².